The number of nitrogens with one attached hydrogen (secondary N) is 3. The minimum Gasteiger partial charge on any atom is -0.482 e. The van der Waals surface area contributed by atoms with Gasteiger partial charge in [0, 0.05) is 0 Å². The molecule has 0 spiro atoms. The van der Waals surface area contributed by atoms with Gasteiger partial charge in [0.15, 0.2) is 11.7 Å². The number of fused-ring (bicyclic) bond motifs is 2. The second-order valence-electron chi connectivity index (χ2n) is 3.75. The number of nitrogens with zero attached hydrogens (tertiary/aromatic N) is 1. The average molecular weight is 265 g/mol. The Labute approximate surface area is 107 Å². The molecule has 3 rings (SSSR count). The minimum absolute atomic E-state index is 0.0935. The number of H-pyrrole nitrogens is 1. The number of hydrogen-bond donors (Lipinski definition) is 4. The van der Waals surface area contributed by atoms with Crippen LogP contribution in [-0.4, -0.2) is 22.5 Å². The van der Waals surface area contributed by atoms with Crippen molar-refractivity contribution in [2.45, 2.75) is 10.3 Å². The number of allylic oxidation sites excluding steroid dienone is 2. The molecule has 5 N–H and O–H groups in total. The fourth-order valence-electron chi connectivity index (χ4n) is 1.76. The van der Waals surface area contributed by atoms with E-state index in [9.17, 15) is 4.79 Å². The maximum absolute atomic E-state index is 11.8. The molecule has 1 aromatic rings. The van der Waals surface area contributed by atoms with Crippen molar-refractivity contribution in [3.63, 3.8) is 0 Å². The zero-order chi connectivity index (χ0) is 12.7. The largest absolute Gasteiger partial charge is 0.482 e. The van der Waals surface area contributed by atoms with Crippen LogP contribution < -0.4 is 21.9 Å². The number of aromatic amines is 1. The molecule has 1 atom stereocenters. The molecule has 0 radical (unpaired) electrons. The highest BCUT2D eigenvalue weighted by Gasteiger charge is 2.29. The van der Waals surface area contributed by atoms with Crippen molar-refractivity contribution >= 4 is 23.5 Å². The predicted molar refractivity (Wildman–Crippen MR) is 68.8 cm³/mol. The SMILES string of the molecule is COC1=CC=C2Nc3nc(N)[nH]c(=O)c3S[C@H]2N1. The van der Waals surface area contributed by atoms with E-state index in [2.05, 4.69) is 20.6 Å². The first-order valence-corrected chi connectivity index (χ1v) is 6.11. The number of ether oxygens (including phenoxy) is 1. The Kier molecular flexibility index (Phi) is 2.44. The lowest BCUT2D eigenvalue weighted by atomic mass is 10.3. The van der Waals surface area contributed by atoms with Crippen LogP contribution in [0.5, 0.6) is 0 Å². The highest BCUT2D eigenvalue weighted by Crippen LogP contribution is 2.36. The molecule has 8 heteroatoms. The van der Waals surface area contributed by atoms with Crippen LogP contribution in [0.2, 0.25) is 0 Å². The minimum atomic E-state index is -0.246. The summed E-state index contributed by atoms with van der Waals surface area (Å²) in [5.41, 5.74) is 6.17. The number of nitrogen functional groups attached to an aromatic ring is 1. The molecule has 0 amide bonds. The number of methoxy groups -OCH3 is 1. The van der Waals surface area contributed by atoms with Gasteiger partial charge in [-0.15, -0.1) is 0 Å². The molecule has 7 nitrogen and oxygen atoms in total. The number of thioether (sulfide) groups is 1. The number of hydrogen-bond acceptors (Lipinski definition) is 7. The van der Waals surface area contributed by atoms with Gasteiger partial charge in [-0.05, 0) is 12.2 Å². The Morgan fingerprint density at radius 2 is 2.33 bits per heavy atom. The van der Waals surface area contributed by atoms with Crippen LogP contribution in [0, 0.1) is 0 Å². The Balaban J connectivity index is 2.02. The molecular formula is C10H11N5O2S. The van der Waals surface area contributed by atoms with E-state index >= 15 is 0 Å². The van der Waals surface area contributed by atoms with Gasteiger partial charge in [-0.1, -0.05) is 11.8 Å². The van der Waals surface area contributed by atoms with Crippen molar-refractivity contribution in [1.29, 1.82) is 0 Å². The standard InChI is InChI=1S/C10H11N5O2S/c1-17-5-3-2-4-9(13-5)18-6-7(12-4)14-10(11)15-8(6)16/h2-3,9,13H,1H3,(H4,11,12,14,15,16)/t9-/m1/s1. The molecule has 3 heterocycles. The van der Waals surface area contributed by atoms with Crippen LogP contribution in [-0.2, 0) is 4.74 Å². The van der Waals surface area contributed by atoms with Crippen LogP contribution in [0.4, 0.5) is 11.8 Å². The molecule has 18 heavy (non-hydrogen) atoms. The van der Waals surface area contributed by atoms with Gasteiger partial charge in [0.2, 0.25) is 5.95 Å². The van der Waals surface area contributed by atoms with Crippen molar-refractivity contribution in [3.8, 4) is 0 Å². The average Bonchev–Trinajstić information content (AvgIpc) is 2.36. The third-order valence-corrected chi connectivity index (χ3v) is 3.81. The summed E-state index contributed by atoms with van der Waals surface area (Å²) in [5, 5.41) is 6.15. The Hall–Kier alpha value is -2.09. The molecule has 1 aromatic heterocycles. The second-order valence-corrected chi connectivity index (χ2v) is 4.87. The fourth-order valence-corrected chi connectivity index (χ4v) is 2.81. The van der Waals surface area contributed by atoms with Crippen LogP contribution in [0.1, 0.15) is 0 Å². The zero-order valence-corrected chi connectivity index (χ0v) is 10.3. The van der Waals surface area contributed by atoms with Crippen LogP contribution in [0.25, 0.3) is 0 Å². The number of rotatable bonds is 1. The second kappa shape index (κ2) is 3.98. The van der Waals surface area contributed by atoms with E-state index in [0.29, 0.717) is 16.6 Å². The number of aromatic nitrogens is 2. The van der Waals surface area contributed by atoms with Crippen LogP contribution in [0.15, 0.2) is 33.4 Å². The van der Waals surface area contributed by atoms with Gasteiger partial charge in [-0.25, -0.2) is 0 Å². The molecule has 2 aliphatic rings. The van der Waals surface area contributed by atoms with Crippen molar-refractivity contribution < 1.29 is 4.74 Å². The van der Waals surface area contributed by atoms with E-state index in [1.807, 2.05) is 6.08 Å². The molecule has 0 saturated heterocycles. The zero-order valence-electron chi connectivity index (χ0n) is 9.48. The van der Waals surface area contributed by atoms with Gasteiger partial charge in [0.25, 0.3) is 5.56 Å². The Morgan fingerprint density at radius 1 is 1.50 bits per heavy atom. The maximum Gasteiger partial charge on any atom is 0.268 e. The van der Waals surface area contributed by atoms with Crippen molar-refractivity contribution in [2.75, 3.05) is 18.2 Å². The molecule has 0 unspecified atom stereocenters. The van der Waals surface area contributed by atoms with E-state index < -0.39 is 0 Å². The van der Waals surface area contributed by atoms with Crippen molar-refractivity contribution in [2.24, 2.45) is 0 Å². The summed E-state index contributed by atoms with van der Waals surface area (Å²) < 4.78 is 5.12. The van der Waals surface area contributed by atoms with E-state index in [4.69, 9.17) is 10.5 Å². The normalized spacial score (nSPS) is 20.6. The summed E-state index contributed by atoms with van der Waals surface area (Å²) in [6.45, 7) is 0. The quantitative estimate of drug-likeness (QED) is 0.573. The highest BCUT2D eigenvalue weighted by molar-refractivity contribution is 8.00. The summed E-state index contributed by atoms with van der Waals surface area (Å²) >= 11 is 1.37. The van der Waals surface area contributed by atoms with Gasteiger partial charge in [0.1, 0.15) is 10.3 Å². The number of nitrogens with two attached hydrogens (primary N) is 1. The lowest BCUT2D eigenvalue weighted by Crippen LogP contribution is -2.37. The Morgan fingerprint density at radius 3 is 3.11 bits per heavy atom. The van der Waals surface area contributed by atoms with E-state index in [-0.39, 0.29) is 16.9 Å². The van der Waals surface area contributed by atoms with E-state index in [1.165, 1.54) is 11.8 Å². The molecule has 0 aliphatic carbocycles. The van der Waals surface area contributed by atoms with Crippen molar-refractivity contribution in [1.82, 2.24) is 15.3 Å². The number of anilines is 2. The lowest BCUT2D eigenvalue weighted by molar-refractivity contribution is 0.260. The van der Waals surface area contributed by atoms with Gasteiger partial charge in [-0.3, -0.25) is 9.78 Å². The first-order chi connectivity index (χ1) is 8.67. The van der Waals surface area contributed by atoms with Crippen LogP contribution >= 0.6 is 11.8 Å². The number of dihydropyridines is 1. The van der Waals surface area contributed by atoms with Gasteiger partial charge < -0.3 is 21.1 Å². The summed E-state index contributed by atoms with van der Waals surface area (Å²) in [6, 6.07) is 0. The van der Waals surface area contributed by atoms with Gasteiger partial charge in [-0.2, -0.15) is 4.98 Å². The molecule has 0 aromatic carbocycles. The summed E-state index contributed by atoms with van der Waals surface area (Å²) in [4.78, 5) is 18.8. The van der Waals surface area contributed by atoms with Gasteiger partial charge >= 0.3 is 0 Å². The first-order valence-electron chi connectivity index (χ1n) is 5.23. The molecular weight excluding hydrogens is 254 g/mol. The predicted octanol–water partition coefficient (Wildman–Crippen LogP) is 0.171. The summed E-state index contributed by atoms with van der Waals surface area (Å²) in [5.74, 6) is 1.24. The lowest BCUT2D eigenvalue weighted by Gasteiger charge is -2.30. The smallest absolute Gasteiger partial charge is 0.268 e. The highest BCUT2D eigenvalue weighted by atomic mass is 32.2. The Bertz CT molecular complexity index is 621. The van der Waals surface area contributed by atoms with Crippen LogP contribution in [0.3, 0.4) is 0 Å². The van der Waals surface area contributed by atoms with E-state index in [0.717, 1.165) is 5.70 Å². The molecule has 94 valence electrons. The maximum atomic E-state index is 11.8. The third-order valence-electron chi connectivity index (χ3n) is 2.58. The van der Waals surface area contributed by atoms with Crippen molar-refractivity contribution in [3.05, 3.63) is 34.1 Å². The topological polar surface area (TPSA) is 105 Å². The molecule has 0 fully saturated rings. The fraction of sp³-hybridized carbons (Fsp3) is 0.200. The summed E-state index contributed by atoms with van der Waals surface area (Å²) in [6.07, 6.45) is 3.69. The van der Waals surface area contributed by atoms with Gasteiger partial charge in [0.05, 0.1) is 12.8 Å². The molecule has 0 saturated carbocycles. The third kappa shape index (κ3) is 1.70. The van der Waals surface area contributed by atoms with E-state index in [1.54, 1.807) is 13.2 Å². The first kappa shape index (κ1) is 11.0. The molecule has 2 aliphatic heterocycles. The molecule has 0 bridgehead atoms. The monoisotopic (exact) mass is 265 g/mol. The summed E-state index contributed by atoms with van der Waals surface area (Å²) in [7, 11) is 1.58.